The lowest BCUT2D eigenvalue weighted by Gasteiger charge is -2.50. The topological polar surface area (TPSA) is 26.3 Å². The minimum Gasteiger partial charge on any atom is -0.490 e. The van der Waals surface area contributed by atoms with Crippen LogP contribution in [0, 0.1) is 23.5 Å². The first-order valence-corrected chi connectivity index (χ1v) is 9.24. The molecule has 0 spiro atoms. The summed E-state index contributed by atoms with van der Waals surface area (Å²) >= 11 is 5.99. The van der Waals surface area contributed by atoms with Crippen molar-refractivity contribution in [2.75, 3.05) is 6.61 Å². The van der Waals surface area contributed by atoms with E-state index in [-0.39, 0.29) is 29.8 Å². The number of halogens is 3. The number of hydrogen-bond donors (Lipinski definition) is 0. The lowest BCUT2D eigenvalue weighted by Crippen LogP contribution is -2.51. The molecule has 2 aromatic carbocycles. The molecular weight excluding hydrogens is 358 g/mol. The molecule has 1 aliphatic heterocycles. The molecule has 5 heteroatoms. The summed E-state index contributed by atoms with van der Waals surface area (Å²) in [5.74, 6) is -1.41. The normalized spacial score (nSPS) is 27.2. The van der Waals surface area contributed by atoms with E-state index in [1.807, 2.05) is 12.1 Å². The van der Waals surface area contributed by atoms with Crippen molar-refractivity contribution in [3.8, 4) is 5.75 Å². The highest BCUT2D eigenvalue weighted by atomic mass is 35.5. The number of hydrogen-bond acceptors (Lipinski definition) is 2. The van der Waals surface area contributed by atoms with Gasteiger partial charge in [0.25, 0.3) is 0 Å². The van der Waals surface area contributed by atoms with Gasteiger partial charge in [0.05, 0.1) is 6.61 Å². The molecule has 3 atom stereocenters. The number of fused-ring (bicyclic) bond motifs is 3. The van der Waals surface area contributed by atoms with Crippen molar-refractivity contribution in [1.29, 1.82) is 0 Å². The minimum atomic E-state index is -0.655. The fraction of sp³-hybridized carbons (Fsp3) is 0.381. The molecule has 0 aromatic heterocycles. The molecule has 4 rings (SSSR count). The number of rotatable bonds is 3. The Balaban J connectivity index is 1.89. The Labute approximate surface area is 156 Å². The SMILES string of the molecule is O=C[C@@H]1CCC[C@@]2(Cc3ccc(Cl)cc3)c3c(F)ccc(F)c3OC[C@@H]12. The molecule has 2 aliphatic rings. The van der Waals surface area contributed by atoms with Gasteiger partial charge in [-0.25, -0.2) is 8.78 Å². The highest BCUT2D eigenvalue weighted by molar-refractivity contribution is 6.30. The van der Waals surface area contributed by atoms with Crippen LogP contribution in [0.5, 0.6) is 5.75 Å². The van der Waals surface area contributed by atoms with E-state index in [1.165, 1.54) is 0 Å². The summed E-state index contributed by atoms with van der Waals surface area (Å²) in [6.45, 7) is 0.227. The number of carbonyl (C=O) groups is 1. The quantitative estimate of drug-likeness (QED) is 0.696. The van der Waals surface area contributed by atoms with E-state index in [2.05, 4.69) is 0 Å². The molecular formula is C21H19ClF2O2. The summed E-state index contributed by atoms with van der Waals surface area (Å²) in [5.41, 5.74) is 0.620. The Morgan fingerprint density at radius 2 is 1.88 bits per heavy atom. The van der Waals surface area contributed by atoms with Crippen LogP contribution in [0.4, 0.5) is 8.78 Å². The van der Waals surface area contributed by atoms with Gasteiger partial charge in [-0.3, -0.25) is 0 Å². The van der Waals surface area contributed by atoms with Crippen LogP contribution < -0.4 is 4.74 Å². The predicted octanol–water partition coefficient (Wildman–Crippen LogP) is 5.11. The Morgan fingerprint density at radius 3 is 2.62 bits per heavy atom. The Kier molecular flexibility index (Phi) is 4.47. The van der Waals surface area contributed by atoms with Crippen molar-refractivity contribution >= 4 is 17.9 Å². The molecule has 1 fully saturated rings. The maximum absolute atomic E-state index is 14.9. The fourth-order valence-electron chi connectivity index (χ4n) is 4.79. The molecule has 1 heterocycles. The maximum atomic E-state index is 14.9. The first-order valence-electron chi connectivity index (χ1n) is 8.86. The third-order valence-corrected chi connectivity index (χ3v) is 6.21. The first-order chi connectivity index (χ1) is 12.5. The van der Waals surface area contributed by atoms with Gasteiger partial charge in [0, 0.05) is 27.8 Å². The minimum absolute atomic E-state index is 0.00163. The Bertz CT molecular complexity index is 837. The molecule has 2 aromatic rings. The van der Waals surface area contributed by atoms with Crippen LogP contribution in [0.1, 0.15) is 30.4 Å². The van der Waals surface area contributed by atoms with Gasteiger partial charge in [0.15, 0.2) is 11.6 Å². The zero-order valence-electron chi connectivity index (χ0n) is 14.2. The van der Waals surface area contributed by atoms with Crippen LogP contribution in [0.25, 0.3) is 0 Å². The van der Waals surface area contributed by atoms with E-state index >= 15 is 0 Å². The number of benzene rings is 2. The third-order valence-electron chi connectivity index (χ3n) is 5.96. The second kappa shape index (κ2) is 6.66. The lowest BCUT2D eigenvalue weighted by atomic mass is 9.56. The van der Waals surface area contributed by atoms with Crippen LogP contribution >= 0.6 is 11.6 Å². The standard InChI is InChI=1S/C21H19ClF2O2/c22-15-5-3-13(4-6-15)10-21-9-1-2-14(11-25)16(21)12-26-20-18(24)8-7-17(23)19(20)21/h3-8,11,14,16H,1-2,9-10,12H2/t14-,16-,21-/m0/s1. The summed E-state index contributed by atoms with van der Waals surface area (Å²) in [4.78, 5) is 11.7. The van der Waals surface area contributed by atoms with Crippen LogP contribution in [-0.4, -0.2) is 12.9 Å². The maximum Gasteiger partial charge on any atom is 0.165 e. The highest BCUT2D eigenvalue weighted by Gasteiger charge is 2.52. The van der Waals surface area contributed by atoms with E-state index in [9.17, 15) is 13.6 Å². The molecule has 0 saturated heterocycles. The smallest absolute Gasteiger partial charge is 0.165 e. The van der Waals surface area contributed by atoms with Crippen molar-refractivity contribution in [1.82, 2.24) is 0 Å². The summed E-state index contributed by atoms with van der Waals surface area (Å²) in [7, 11) is 0. The molecule has 0 N–H and O–H groups in total. The van der Waals surface area contributed by atoms with Crippen molar-refractivity contribution in [2.24, 2.45) is 11.8 Å². The average molecular weight is 377 g/mol. The van der Waals surface area contributed by atoms with Crippen LogP contribution in [0.3, 0.4) is 0 Å². The molecule has 0 amide bonds. The van der Waals surface area contributed by atoms with Gasteiger partial charge in [-0.15, -0.1) is 0 Å². The predicted molar refractivity (Wildman–Crippen MR) is 95.6 cm³/mol. The van der Waals surface area contributed by atoms with Gasteiger partial charge >= 0.3 is 0 Å². The van der Waals surface area contributed by atoms with Crippen molar-refractivity contribution < 1.29 is 18.3 Å². The first kappa shape index (κ1) is 17.5. The van der Waals surface area contributed by atoms with E-state index in [0.717, 1.165) is 36.8 Å². The summed E-state index contributed by atoms with van der Waals surface area (Å²) in [5, 5.41) is 0.627. The summed E-state index contributed by atoms with van der Waals surface area (Å²) in [6, 6.07) is 9.67. The molecule has 1 saturated carbocycles. The molecule has 26 heavy (non-hydrogen) atoms. The van der Waals surface area contributed by atoms with Crippen molar-refractivity contribution in [3.63, 3.8) is 0 Å². The van der Waals surface area contributed by atoms with Crippen LogP contribution in [0.15, 0.2) is 36.4 Å². The zero-order valence-corrected chi connectivity index (χ0v) is 14.9. The van der Waals surface area contributed by atoms with E-state index in [0.29, 0.717) is 17.9 Å². The van der Waals surface area contributed by atoms with E-state index in [4.69, 9.17) is 16.3 Å². The molecule has 2 nitrogen and oxygen atoms in total. The van der Waals surface area contributed by atoms with Gasteiger partial charge in [0.1, 0.15) is 12.1 Å². The number of ether oxygens (including phenoxy) is 1. The van der Waals surface area contributed by atoms with Gasteiger partial charge in [-0.1, -0.05) is 30.2 Å². The summed E-state index contributed by atoms with van der Waals surface area (Å²) < 4.78 is 34.9. The van der Waals surface area contributed by atoms with Crippen LogP contribution in [-0.2, 0) is 16.6 Å². The third kappa shape index (κ3) is 2.71. The average Bonchev–Trinajstić information content (AvgIpc) is 2.65. The second-order valence-corrected chi connectivity index (χ2v) is 7.74. The molecule has 1 aliphatic carbocycles. The fourth-order valence-corrected chi connectivity index (χ4v) is 4.92. The van der Waals surface area contributed by atoms with Gasteiger partial charge in [-0.2, -0.15) is 0 Å². The molecule has 0 bridgehead atoms. The van der Waals surface area contributed by atoms with Gasteiger partial charge < -0.3 is 9.53 Å². The number of aldehydes is 1. The van der Waals surface area contributed by atoms with Crippen molar-refractivity contribution in [2.45, 2.75) is 31.1 Å². The van der Waals surface area contributed by atoms with E-state index < -0.39 is 17.0 Å². The zero-order chi connectivity index (χ0) is 18.3. The Morgan fingerprint density at radius 1 is 1.15 bits per heavy atom. The summed E-state index contributed by atoms with van der Waals surface area (Å²) in [6.07, 6.45) is 3.72. The van der Waals surface area contributed by atoms with Gasteiger partial charge in [0.2, 0.25) is 0 Å². The van der Waals surface area contributed by atoms with Crippen molar-refractivity contribution in [3.05, 3.63) is 64.2 Å². The van der Waals surface area contributed by atoms with Gasteiger partial charge in [-0.05, 0) is 49.1 Å². The van der Waals surface area contributed by atoms with E-state index in [1.54, 1.807) is 12.1 Å². The largest absolute Gasteiger partial charge is 0.490 e. The molecule has 136 valence electrons. The Hall–Kier alpha value is -1.94. The lowest BCUT2D eigenvalue weighted by molar-refractivity contribution is -0.116. The van der Waals surface area contributed by atoms with Crippen LogP contribution in [0.2, 0.25) is 5.02 Å². The number of carbonyl (C=O) groups excluding carboxylic acids is 1. The monoisotopic (exact) mass is 376 g/mol. The highest BCUT2D eigenvalue weighted by Crippen LogP contribution is 2.54. The second-order valence-electron chi connectivity index (χ2n) is 7.30. The molecule has 0 unspecified atom stereocenters. The molecule has 0 radical (unpaired) electrons.